The summed E-state index contributed by atoms with van der Waals surface area (Å²) in [7, 11) is 1.50. The van der Waals surface area contributed by atoms with Crippen molar-refractivity contribution in [3.05, 3.63) is 34.8 Å². The Morgan fingerprint density at radius 2 is 2.10 bits per heavy atom. The van der Waals surface area contributed by atoms with Crippen LogP contribution in [0.25, 0.3) is 0 Å². The van der Waals surface area contributed by atoms with E-state index in [4.69, 9.17) is 9.47 Å². The predicted octanol–water partition coefficient (Wildman–Crippen LogP) is 1.65. The Balaban J connectivity index is 1.91. The van der Waals surface area contributed by atoms with Gasteiger partial charge in [-0.15, -0.1) is 5.10 Å². The van der Waals surface area contributed by atoms with E-state index >= 15 is 0 Å². The normalized spacial score (nSPS) is 10.0. The summed E-state index contributed by atoms with van der Waals surface area (Å²) in [6, 6.07) is 6.95. The van der Waals surface area contributed by atoms with Crippen molar-refractivity contribution in [1.82, 2.24) is 9.59 Å². The van der Waals surface area contributed by atoms with Crippen LogP contribution >= 0.6 is 11.5 Å². The first-order chi connectivity index (χ1) is 10.1. The molecular weight excluding hydrogens is 294 g/mol. The zero-order valence-electron chi connectivity index (χ0n) is 11.5. The molecule has 0 atom stereocenters. The minimum atomic E-state index is -0.613. The molecular formula is C13H13N3O4S. The molecule has 0 saturated carbocycles. The van der Waals surface area contributed by atoms with E-state index < -0.39 is 18.5 Å². The lowest BCUT2D eigenvalue weighted by molar-refractivity contribution is -0.119. The maximum Gasteiger partial charge on any atom is 0.352 e. The topological polar surface area (TPSA) is 90.4 Å². The molecule has 21 heavy (non-hydrogen) atoms. The molecule has 110 valence electrons. The van der Waals surface area contributed by atoms with Gasteiger partial charge in [-0.3, -0.25) is 4.79 Å². The van der Waals surface area contributed by atoms with Gasteiger partial charge in [-0.05, 0) is 30.6 Å². The van der Waals surface area contributed by atoms with Crippen molar-refractivity contribution >= 4 is 29.1 Å². The fourth-order valence-electron chi connectivity index (χ4n) is 1.55. The lowest BCUT2D eigenvalue weighted by atomic mass is 10.3. The van der Waals surface area contributed by atoms with E-state index in [0.717, 1.165) is 11.5 Å². The molecule has 0 unspecified atom stereocenters. The third kappa shape index (κ3) is 3.76. The second-order valence-electron chi connectivity index (χ2n) is 4.01. The second-order valence-corrected chi connectivity index (χ2v) is 4.77. The molecule has 1 aromatic carbocycles. The van der Waals surface area contributed by atoms with Crippen molar-refractivity contribution in [2.75, 3.05) is 19.0 Å². The minimum absolute atomic E-state index is 0.292. The highest BCUT2D eigenvalue weighted by atomic mass is 32.1. The molecule has 1 heterocycles. The summed E-state index contributed by atoms with van der Waals surface area (Å²) < 4.78 is 13.7. The van der Waals surface area contributed by atoms with Gasteiger partial charge in [-0.25, -0.2) is 4.79 Å². The molecule has 1 amide bonds. The molecule has 0 aliphatic rings. The van der Waals surface area contributed by atoms with Crippen LogP contribution in [-0.2, 0) is 9.53 Å². The number of para-hydroxylation sites is 2. The number of amides is 1. The molecule has 0 fully saturated rings. The molecule has 2 aromatic rings. The molecule has 0 saturated heterocycles. The summed E-state index contributed by atoms with van der Waals surface area (Å²) in [6.07, 6.45) is 0. The highest BCUT2D eigenvalue weighted by Gasteiger charge is 2.16. The molecule has 7 nitrogen and oxygen atoms in total. The van der Waals surface area contributed by atoms with Crippen LogP contribution in [0.5, 0.6) is 5.75 Å². The summed E-state index contributed by atoms with van der Waals surface area (Å²) in [5, 5.41) is 6.31. The van der Waals surface area contributed by atoms with Crippen LogP contribution in [-0.4, -0.2) is 35.2 Å². The first-order valence-electron chi connectivity index (χ1n) is 6.00. The number of anilines is 1. The van der Waals surface area contributed by atoms with Gasteiger partial charge in [0.1, 0.15) is 5.75 Å². The zero-order chi connectivity index (χ0) is 15.2. The number of ether oxygens (including phenoxy) is 2. The number of carbonyl (C=O) groups excluding carboxylic acids is 2. The van der Waals surface area contributed by atoms with Crippen LogP contribution in [0, 0.1) is 6.92 Å². The molecule has 1 aromatic heterocycles. The number of benzene rings is 1. The van der Waals surface area contributed by atoms with Crippen LogP contribution < -0.4 is 10.1 Å². The average molecular weight is 307 g/mol. The van der Waals surface area contributed by atoms with E-state index in [0.29, 0.717) is 22.0 Å². The third-order valence-electron chi connectivity index (χ3n) is 2.55. The number of methoxy groups -OCH3 is 1. The summed E-state index contributed by atoms with van der Waals surface area (Å²) in [4.78, 5) is 23.8. The Morgan fingerprint density at radius 3 is 2.76 bits per heavy atom. The number of esters is 1. The molecule has 0 radical (unpaired) electrons. The predicted molar refractivity (Wildman–Crippen MR) is 76.6 cm³/mol. The number of hydrogen-bond donors (Lipinski definition) is 1. The zero-order valence-corrected chi connectivity index (χ0v) is 12.3. The van der Waals surface area contributed by atoms with E-state index in [9.17, 15) is 9.59 Å². The van der Waals surface area contributed by atoms with Gasteiger partial charge in [0.2, 0.25) is 0 Å². The van der Waals surface area contributed by atoms with E-state index in [2.05, 4.69) is 14.9 Å². The summed E-state index contributed by atoms with van der Waals surface area (Å²) in [5.41, 5.74) is 0.992. The lowest BCUT2D eigenvalue weighted by Gasteiger charge is -2.09. The van der Waals surface area contributed by atoms with Gasteiger partial charge < -0.3 is 14.8 Å². The van der Waals surface area contributed by atoms with Crippen LogP contribution in [0.15, 0.2) is 24.3 Å². The molecule has 0 spiro atoms. The quantitative estimate of drug-likeness (QED) is 0.845. The van der Waals surface area contributed by atoms with Crippen molar-refractivity contribution in [1.29, 1.82) is 0 Å². The first-order valence-corrected chi connectivity index (χ1v) is 6.78. The average Bonchev–Trinajstić information content (AvgIpc) is 2.91. The van der Waals surface area contributed by atoms with Crippen molar-refractivity contribution in [2.24, 2.45) is 0 Å². The van der Waals surface area contributed by atoms with Crippen molar-refractivity contribution < 1.29 is 19.1 Å². The van der Waals surface area contributed by atoms with Crippen LogP contribution in [0.2, 0.25) is 0 Å². The van der Waals surface area contributed by atoms with Crippen molar-refractivity contribution in [2.45, 2.75) is 6.92 Å². The van der Waals surface area contributed by atoms with E-state index in [-0.39, 0.29) is 0 Å². The van der Waals surface area contributed by atoms with Gasteiger partial charge in [0.05, 0.1) is 18.5 Å². The van der Waals surface area contributed by atoms with E-state index in [1.54, 1.807) is 31.2 Å². The Bertz CT molecular complexity index is 656. The molecule has 0 aliphatic heterocycles. The first kappa shape index (κ1) is 14.9. The van der Waals surface area contributed by atoms with Gasteiger partial charge in [0.25, 0.3) is 5.91 Å². The van der Waals surface area contributed by atoms with Crippen LogP contribution in [0.1, 0.15) is 15.4 Å². The minimum Gasteiger partial charge on any atom is -0.495 e. The molecule has 0 aliphatic carbocycles. The number of aryl methyl sites for hydroxylation is 1. The highest BCUT2D eigenvalue weighted by molar-refractivity contribution is 7.07. The number of nitrogens with one attached hydrogen (secondary N) is 1. The van der Waals surface area contributed by atoms with Gasteiger partial charge in [0.15, 0.2) is 11.5 Å². The Labute approximate surface area is 125 Å². The number of rotatable bonds is 5. The molecule has 0 bridgehead atoms. The summed E-state index contributed by atoms with van der Waals surface area (Å²) >= 11 is 0.932. The third-order valence-corrected chi connectivity index (χ3v) is 3.36. The fourth-order valence-corrected chi connectivity index (χ4v) is 2.10. The molecule has 8 heteroatoms. The Kier molecular flexibility index (Phi) is 4.83. The van der Waals surface area contributed by atoms with Crippen LogP contribution in [0.3, 0.4) is 0 Å². The lowest BCUT2D eigenvalue weighted by Crippen LogP contribution is -2.21. The largest absolute Gasteiger partial charge is 0.495 e. The smallest absolute Gasteiger partial charge is 0.352 e. The monoisotopic (exact) mass is 307 g/mol. The number of hydrogen-bond acceptors (Lipinski definition) is 7. The van der Waals surface area contributed by atoms with E-state index in [1.807, 2.05) is 0 Å². The van der Waals surface area contributed by atoms with Crippen molar-refractivity contribution in [3.8, 4) is 5.75 Å². The number of nitrogens with zero attached hydrogens (tertiary/aromatic N) is 2. The van der Waals surface area contributed by atoms with Crippen LogP contribution in [0.4, 0.5) is 5.69 Å². The molecule has 2 rings (SSSR count). The highest BCUT2D eigenvalue weighted by Crippen LogP contribution is 2.22. The van der Waals surface area contributed by atoms with Gasteiger partial charge in [0, 0.05) is 0 Å². The maximum atomic E-state index is 11.8. The summed E-state index contributed by atoms with van der Waals surface area (Å²) in [6.45, 7) is 1.25. The number of carbonyl (C=O) groups is 2. The van der Waals surface area contributed by atoms with Crippen molar-refractivity contribution in [3.63, 3.8) is 0 Å². The molecule has 1 N–H and O–H groups in total. The Morgan fingerprint density at radius 1 is 1.33 bits per heavy atom. The Hall–Kier alpha value is -2.48. The SMILES string of the molecule is COc1ccccc1NC(=O)COC(=O)c1snnc1C. The summed E-state index contributed by atoms with van der Waals surface area (Å²) in [5.74, 6) is -0.541. The van der Waals surface area contributed by atoms with Gasteiger partial charge in [-0.1, -0.05) is 16.6 Å². The number of aromatic nitrogens is 2. The fraction of sp³-hybridized carbons (Fsp3) is 0.231. The maximum absolute atomic E-state index is 11.8. The van der Waals surface area contributed by atoms with E-state index in [1.165, 1.54) is 7.11 Å². The standard InChI is InChI=1S/C13H13N3O4S/c1-8-12(21-16-15-8)13(18)20-7-11(17)14-9-5-3-4-6-10(9)19-2/h3-6H,7H2,1-2H3,(H,14,17). The van der Waals surface area contributed by atoms with Gasteiger partial charge >= 0.3 is 5.97 Å². The second kappa shape index (κ2) is 6.80. The van der Waals surface area contributed by atoms with Gasteiger partial charge in [-0.2, -0.15) is 0 Å².